The maximum atomic E-state index is 10.2. The van der Waals surface area contributed by atoms with Crippen LogP contribution in [0.3, 0.4) is 0 Å². The van der Waals surface area contributed by atoms with Gasteiger partial charge in [-0.2, -0.15) is 10.5 Å². The van der Waals surface area contributed by atoms with Crippen molar-refractivity contribution in [3.05, 3.63) is 95.1 Å². The fourth-order valence-corrected chi connectivity index (χ4v) is 5.91. The van der Waals surface area contributed by atoms with Crippen LogP contribution in [-0.4, -0.2) is 27.4 Å². The summed E-state index contributed by atoms with van der Waals surface area (Å²) in [5.41, 5.74) is 4.30. The van der Waals surface area contributed by atoms with Gasteiger partial charge in [0.15, 0.2) is 0 Å². The zero-order chi connectivity index (χ0) is 35.6. The van der Waals surface area contributed by atoms with E-state index in [1.165, 1.54) is 38.5 Å². The van der Waals surface area contributed by atoms with Crippen molar-refractivity contribution in [1.29, 1.82) is 10.5 Å². The van der Waals surface area contributed by atoms with E-state index >= 15 is 0 Å². The van der Waals surface area contributed by atoms with Gasteiger partial charge in [0.1, 0.15) is 23.0 Å². The molecule has 0 aliphatic rings. The molecule has 4 aromatic rings. The Morgan fingerprint density at radius 3 is 1.24 bits per heavy atom. The number of fused-ring (bicyclic) bond motifs is 1. The standard InChI is InChI=1S/C44H50N2O4/c1-5-7-9-11-13-27-49-43-35(29-37(31-45)33-15-21-39(47-3)22-16-33)19-26-42-41(43)25-20-36(44(42)50-28-14-12-10-8-6-2)30-38(32-46)34-17-23-40(48-4)24-18-34/h15-26,29-30H,5-14,27-28H2,1-4H3/b37-29+,38-30+. The molecule has 0 fully saturated rings. The zero-order valence-electron chi connectivity index (χ0n) is 30.1. The maximum Gasteiger partial charge on any atom is 0.134 e. The molecule has 0 bridgehead atoms. The van der Waals surface area contributed by atoms with Gasteiger partial charge >= 0.3 is 0 Å². The van der Waals surface area contributed by atoms with Crippen LogP contribution in [0, 0.1) is 22.7 Å². The van der Waals surface area contributed by atoms with Crippen LogP contribution >= 0.6 is 0 Å². The maximum absolute atomic E-state index is 10.2. The fourth-order valence-electron chi connectivity index (χ4n) is 5.91. The Bertz CT molecular complexity index is 1670. The summed E-state index contributed by atoms with van der Waals surface area (Å²) in [6, 6.07) is 27.9. The van der Waals surface area contributed by atoms with Crippen molar-refractivity contribution in [2.24, 2.45) is 0 Å². The molecule has 0 aromatic heterocycles. The highest BCUT2D eigenvalue weighted by atomic mass is 16.5. The predicted octanol–water partition coefficient (Wildman–Crippen LogP) is 11.7. The highest BCUT2D eigenvalue weighted by Crippen LogP contribution is 2.40. The van der Waals surface area contributed by atoms with Crippen molar-refractivity contribution in [1.82, 2.24) is 0 Å². The lowest BCUT2D eigenvalue weighted by molar-refractivity contribution is 0.304. The first kappa shape index (κ1) is 37.6. The number of hydrogen-bond donors (Lipinski definition) is 0. The molecule has 0 radical (unpaired) electrons. The van der Waals surface area contributed by atoms with E-state index in [-0.39, 0.29) is 0 Å². The number of allylic oxidation sites excluding steroid dienone is 2. The molecule has 0 aliphatic heterocycles. The number of rotatable bonds is 20. The summed E-state index contributed by atoms with van der Waals surface area (Å²) in [7, 11) is 3.26. The molecule has 0 unspecified atom stereocenters. The third-order valence-electron chi connectivity index (χ3n) is 8.79. The summed E-state index contributed by atoms with van der Waals surface area (Å²) in [4.78, 5) is 0. The van der Waals surface area contributed by atoms with Crippen LogP contribution in [0.1, 0.15) is 100 Å². The topological polar surface area (TPSA) is 84.5 Å². The summed E-state index contributed by atoms with van der Waals surface area (Å²) in [5.74, 6) is 2.91. The van der Waals surface area contributed by atoms with E-state index in [0.29, 0.717) is 24.4 Å². The van der Waals surface area contributed by atoms with E-state index in [1.807, 2.05) is 84.9 Å². The van der Waals surface area contributed by atoms with Crippen molar-refractivity contribution in [3.63, 3.8) is 0 Å². The number of nitrogens with zero attached hydrogens (tertiary/aromatic N) is 2. The summed E-state index contributed by atoms with van der Waals surface area (Å²) in [6.45, 7) is 5.57. The molecule has 0 N–H and O–H groups in total. The van der Waals surface area contributed by atoms with Gasteiger partial charge in [-0.15, -0.1) is 0 Å². The molecule has 0 saturated heterocycles. The normalized spacial score (nSPS) is 11.6. The Labute approximate surface area is 298 Å². The lowest BCUT2D eigenvalue weighted by atomic mass is 9.97. The van der Waals surface area contributed by atoms with Crippen LogP contribution in [0.15, 0.2) is 72.8 Å². The first-order valence-electron chi connectivity index (χ1n) is 17.9. The number of unbranched alkanes of at least 4 members (excludes halogenated alkanes) is 8. The SMILES string of the molecule is CCCCCCCOc1c(/C=C(\C#N)c2ccc(OC)cc2)ccc2c(OCCCCCCC)c(/C=C(\C#N)c3ccc(OC)cc3)ccc12. The van der Waals surface area contributed by atoms with E-state index in [0.717, 1.165) is 81.7 Å². The molecule has 6 heteroatoms. The highest BCUT2D eigenvalue weighted by Gasteiger charge is 2.17. The van der Waals surface area contributed by atoms with Crippen LogP contribution in [0.25, 0.3) is 34.1 Å². The molecule has 260 valence electrons. The predicted molar refractivity (Wildman–Crippen MR) is 205 cm³/mol. The molecule has 0 saturated carbocycles. The van der Waals surface area contributed by atoms with Gasteiger partial charge in [0.25, 0.3) is 0 Å². The number of nitriles is 2. The third kappa shape index (κ3) is 10.4. The Morgan fingerprint density at radius 2 is 0.900 bits per heavy atom. The van der Waals surface area contributed by atoms with Crippen molar-refractivity contribution < 1.29 is 18.9 Å². The molecule has 4 aromatic carbocycles. The molecule has 4 rings (SSSR count). The smallest absolute Gasteiger partial charge is 0.134 e. The van der Waals surface area contributed by atoms with Crippen LogP contribution in [0.5, 0.6) is 23.0 Å². The van der Waals surface area contributed by atoms with E-state index in [4.69, 9.17) is 18.9 Å². The summed E-state index contributed by atoms with van der Waals surface area (Å²) in [5, 5.41) is 22.2. The van der Waals surface area contributed by atoms with Crippen molar-refractivity contribution in [3.8, 4) is 35.1 Å². The van der Waals surface area contributed by atoms with Gasteiger partial charge in [0, 0.05) is 21.9 Å². The molecule has 6 nitrogen and oxygen atoms in total. The van der Waals surface area contributed by atoms with Gasteiger partial charge in [-0.3, -0.25) is 0 Å². The Hall–Kier alpha value is -5.20. The van der Waals surface area contributed by atoms with Gasteiger partial charge in [-0.25, -0.2) is 0 Å². The largest absolute Gasteiger partial charge is 0.497 e. The van der Waals surface area contributed by atoms with Crippen LogP contribution in [0.2, 0.25) is 0 Å². The summed E-state index contributed by atoms with van der Waals surface area (Å²) < 4.78 is 23.8. The first-order valence-corrected chi connectivity index (χ1v) is 17.9. The molecule has 0 heterocycles. The average Bonchev–Trinajstić information content (AvgIpc) is 3.16. The van der Waals surface area contributed by atoms with Crippen LogP contribution in [0.4, 0.5) is 0 Å². The molecule has 0 atom stereocenters. The Morgan fingerprint density at radius 1 is 0.520 bits per heavy atom. The number of benzene rings is 4. The zero-order valence-corrected chi connectivity index (χ0v) is 30.1. The minimum Gasteiger partial charge on any atom is -0.497 e. The van der Waals surface area contributed by atoms with E-state index in [2.05, 4.69) is 26.0 Å². The van der Waals surface area contributed by atoms with E-state index in [9.17, 15) is 10.5 Å². The summed E-state index contributed by atoms with van der Waals surface area (Å²) >= 11 is 0. The molecule has 0 amide bonds. The molecule has 0 aliphatic carbocycles. The molecular formula is C44H50N2O4. The highest BCUT2D eigenvalue weighted by molar-refractivity contribution is 6.02. The second-order valence-electron chi connectivity index (χ2n) is 12.4. The Kier molecular flexibility index (Phi) is 15.3. The van der Waals surface area contributed by atoms with Gasteiger partial charge in [-0.1, -0.05) is 77.3 Å². The fraction of sp³-hybridized carbons (Fsp3) is 0.364. The van der Waals surface area contributed by atoms with Gasteiger partial charge in [-0.05, 0) is 96.8 Å². The van der Waals surface area contributed by atoms with Crippen molar-refractivity contribution in [2.75, 3.05) is 27.4 Å². The minimum atomic E-state index is 0.529. The average molecular weight is 671 g/mol. The lowest BCUT2D eigenvalue weighted by Crippen LogP contribution is -2.03. The second kappa shape index (κ2) is 20.3. The minimum absolute atomic E-state index is 0.529. The number of ether oxygens (including phenoxy) is 4. The quantitative estimate of drug-likeness (QED) is 0.0528. The molecular weight excluding hydrogens is 620 g/mol. The molecule has 50 heavy (non-hydrogen) atoms. The number of hydrogen-bond acceptors (Lipinski definition) is 6. The summed E-state index contributed by atoms with van der Waals surface area (Å²) in [6.07, 6.45) is 15.0. The van der Waals surface area contributed by atoms with Crippen molar-refractivity contribution in [2.45, 2.75) is 78.1 Å². The van der Waals surface area contributed by atoms with Gasteiger partial charge < -0.3 is 18.9 Å². The van der Waals surface area contributed by atoms with Crippen LogP contribution in [-0.2, 0) is 0 Å². The number of methoxy groups -OCH3 is 2. The Balaban J connectivity index is 1.82. The van der Waals surface area contributed by atoms with Gasteiger partial charge in [0.05, 0.1) is 50.7 Å². The molecule has 0 spiro atoms. The van der Waals surface area contributed by atoms with Crippen LogP contribution < -0.4 is 18.9 Å². The first-order chi connectivity index (χ1) is 24.6. The van der Waals surface area contributed by atoms with E-state index in [1.54, 1.807) is 14.2 Å². The lowest BCUT2D eigenvalue weighted by Gasteiger charge is -2.18. The monoisotopic (exact) mass is 670 g/mol. The van der Waals surface area contributed by atoms with Gasteiger partial charge in [0.2, 0.25) is 0 Å². The van der Waals surface area contributed by atoms with Crippen molar-refractivity contribution >= 4 is 34.1 Å². The van der Waals surface area contributed by atoms with E-state index < -0.39 is 0 Å². The second-order valence-corrected chi connectivity index (χ2v) is 12.4. The third-order valence-corrected chi connectivity index (χ3v) is 8.79.